The topological polar surface area (TPSA) is 115 Å². The molecular formula is C20H20N4O5S. The number of ether oxygens (including phenoxy) is 2. The van der Waals surface area contributed by atoms with Crippen molar-refractivity contribution in [1.29, 1.82) is 0 Å². The summed E-state index contributed by atoms with van der Waals surface area (Å²) in [5.41, 5.74) is 3.34. The highest BCUT2D eigenvalue weighted by Gasteiger charge is 2.21. The van der Waals surface area contributed by atoms with Crippen molar-refractivity contribution in [1.82, 2.24) is 15.2 Å². The first-order chi connectivity index (χ1) is 14.4. The zero-order valence-electron chi connectivity index (χ0n) is 16.6. The highest BCUT2D eigenvalue weighted by atomic mass is 32.1. The Morgan fingerprint density at radius 2 is 1.93 bits per heavy atom. The second kappa shape index (κ2) is 9.23. The number of hydrogen-bond donors (Lipinski definition) is 2. The Balaban J connectivity index is 1.99. The van der Waals surface area contributed by atoms with Gasteiger partial charge in [0.15, 0.2) is 0 Å². The van der Waals surface area contributed by atoms with Gasteiger partial charge in [0, 0.05) is 0 Å². The third-order valence-electron chi connectivity index (χ3n) is 4.28. The van der Waals surface area contributed by atoms with E-state index in [0.29, 0.717) is 22.0 Å². The summed E-state index contributed by atoms with van der Waals surface area (Å²) in [4.78, 5) is 37.6. The number of carbonyl (C=O) groups excluding carboxylic acids is 2. The van der Waals surface area contributed by atoms with Crippen LogP contribution in [0.15, 0.2) is 51.7 Å². The van der Waals surface area contributed by atoms with Gasteiger partial charge in [0.1, 0.15) is 5.75 Å². The molecule has 0 unspecified atom stereocenters. The van der Waals surface area contributed by atoms with Crippen LogP contribution in [0.25, 0.3) is 5.69 Å². The maximum Gasteiger partial charge on any atom is 0.311 e. The van der Waals surface area contributed by atoms with Crippen molar-refractivity contribution in [2.45, 2.75) is 13.3 Å². The van der Waals surface area contributed by atoms with Crippen molar-refractivity contribution in [3.63, 3.8) is 0 Å². The molecule has 2 N–H and O–H groups in total. The molecule has 156 valence electrons. The van der Waals surface area contributed by atoms with Gasteiger partial charge in [-0.25, -0.2) is 10.1 Å². The van der Waals surface area contributed by atoms with Gasteiger partial charge in [-0.05, 0) is 42.6 Å². The predicted molar refractivity (Wildman–Crippen MR) is 113 cm³/mol. The first-order valence-electron chi connectivity index (χ1n) is 8.88. The monoisotopic (exact) mass is 428 g/mol. The van der Waals surface area contributed by atoms with Crippen LogP contribution in [0.5, 0.6) is 5.75 Å². The van der Waals surface area contributed by atoms with Crippen molar-refractivity contribution in [2.75, 3.05) is 14.2 Å². The number of thiophene rings is 1. The van der Waals surface area contributed by atoms with Crippen molar-refractivity contribution in [3.8, 4) is 11.4 Å². The number of H-pyrrole nitrogens is 1. The van der Waals surface area contributed by atoms with Crippen LogP contribution >= 0.6 is 11.3 Å². The minimum absolute atomic E-state index is 0.157. The molecule has 0 radical (unpaired) electrons. The molecule has 0 fully saturated rings. The van der Waals surface area contributed by atoms with Gasteiger partial charge in [-0.1, -0.05) is 6.07 Å². The number of benzene rings is 1. The fraction of sp³-hybridized carbons (Fsp3) is 0.200. The van der Waals surface area contributed by atoms with E-state index in [1.807, 2.05) is 0 Å². The van der Waals surface area contributed by atoms with Crippen molar-refractivity contribution >= 4 is 28.9 Å². The lowest BCUT2D eigenvalue weighted by Gasteiger charge is -2.03. The lowest BCUT2D eigenvalue weighted by atomic mass is 10.1. The smallest absolute Gasteiger partial charge is 0.311 e. The maximum atomic E-state index is 13.1. The number of aromatic nitrogens is 2. The van der Waals surface area contributed by atoms with Crippen LogP contribution in [0.1, 0.15) is 27.9 Å². The molecule has 0 atom stereocenters. The average molecular weight is 428 g/mol. The molecule has 10 heteroatoms. The Labute approximate surface area is 175 Å². The van der Waals surface area contributed by atoms with E-state index in [-0.39, 0.29) is 23.6 Å². The van der Waals surface area contributed by atoms with Crippen LogP contribution in [0.2, 0.25) is 0 Å². The van der Waals surface area contributed by atoms with E-state index in [2.05, 4.69) is 15.6 Å². The summed E-state index contributed by atoms with van der Waals surface area (Å²) in [6.07, 6.45) is -0.157. The van der Waals surface area contributed by atoms with Crippen molar-refractivity contribution in [2.24, 2.45) is 5.10 Å². The number of nitrogens with one attached hydrogen (secondary N) is 2. The molecule has 0 spiro atoms. The molecule has 2 aromatic heterocycles. The molecule has 30 heavy (non-hydrogen) atoms. The number of hydrogen-bond acceptors (Lipinski definition) is 7. The highest BCUT2D eigenvalue weighted by molar-refractivity contribution is 7.12. The number of esters is 1. The number of rotatable bonds is 7. The molecule has 0 aliphatic carbocycles. The lowest BCUT2D eigenvalue weighted by Crippen LogP contribution is -2.23. The fourth-order valence-corrected chi connectivity index (χ4v) is 3.38. The molecule has 0 saturated heterocycles. The van der Waals surface area contributed by atoms with Gasteiger partial charge < -0.3 is 9.47 Å². The zero-order chi connectivity index (χ0) is 21.7. The molecule has 0 bridgehead atoms. The Morgan fingerprint density at radius 1 is 1.20 bits per heavy atom. The molecule has 0 saturated carbocycles. The van der Waals surface area contributed by atoms with Crippen LogP contribution in [0.4, 0.5) is 0 Å². The highest BCUT2D eigenvalue weighted by Crippen LogP contribution is 2.15. The number of amides is 1. The number of carbonyl (C=O) groups is 2. The first kappa shape index (κ1) is 21.1. The van der Waals surface area contributed by atoms with Crippen LogP contribution < -0.4 is 15.7 Å². The van der Waals surface area contributed by atoms with Gasteiger partial charge >= 0.3 is 5.97 Å². The summed E-state index contributed by atoms with van der Waals surface area (Å²) in [6, 6.07) is 10.3. The third kappa shape index (κ3) is 4.49. The molecule has 1 aromatic carbocycles. The van der Waals surface area contributed by atoms with Crippen molar-refractivity contribution in [3.05, 3.63) is 68.3 Å². The van der Waals surface area contributed by atoms with Gasteiger partial charge in [-0.3, -0.25) is 19.5 Å². The third-order valence-corrected chi connectivity index (χ3v) is 5.15. The first-order valence-corrected chi connectivity index (χ1v) is 9.76. The molecule has 3 aromatic rings. The van der Waals surface area contributed by atoms with Gasteiger partial charge in [-0.15, -0.1) is 11.3 Å². The molecule has 0 aliphatic heterocycles. The van der Waals surface area contributed by atoms with Crippen molar-refractivity contribution < 1.29 is 19.1 Å². The summed E-state index contributed by atoms with van der Waals surface area (Å²) < 4.78 is 11.2. The Bertz CT molecular complexity index is 1130. The molecule has 2 heterocycles. The van der Waals surface area contributed by atoms with E-state index >= 15 is 0 Å². The standard InChI is InChI=1S/C20H20N4O5S/c1-12(21-22-19(26)16-5-4-10-30-16)18-15(11-17(25)29-3)23-24(20(18)27)13-6-8-14(28-2)9-7-13/h4-10,23H,11H2,1-3H3,(H,22,26). The number of aromatic amines is 1. The summed E-state index contributed by atoms with van der Waals surface area (Å²) in [6.45, 7) is 1.58. The van der Waals surface area contributed by atoms with Gasteiger partial charge in [0.25, 0.3) is 11.5 Å². The largest absolute Gasteiger partial charge is 0.497 e. The normalized spacial score (nSPS) is 11.2. The predicted octanol–water partition coefficient (Wildman–Crippen LogP) is 2.11. The minimum Gasteiger partial charge on any atom is -0.497 e. The molecule has 0 aliphatic rings. The van der Waals surface area contributed by atoms with E-state index in [4.69, 9.17) is 9.47 Å². The maximum absolute atomic E-state index is 13.1. The second-order valence-corrected chi connectivity index (χ2v) is 7.12. The number of nitrogens with zero attached hydrogens (tertiary/aromatic N) is 2. The van der Waals surface area contributed by atoms with Crippen LogP contribution in [-0.4, -0.2) is 41.6 Å². The van der Waals surface area contributed by atoms with E-state index in [9.17, 15) is 14.4 Å². The second-order valence-electron chi connectivity index (χ2n) is 6.17. The summed E-state index contributed by atoms with van der Waals surface area (Å²) in [7, 11) is 2.81. The van der Waals surface area contributed by atoms with Crippen LogP contribution in [-0.2, 0) is 16.0 Å². The Hall–Kier alpha value is -3.66. The van der Waals surface area contributed by atoms with Gasteiger partial charge in [0.2, 0.25) is 0 Å². The molecule has 3 rings (SSSR count). The Morgan fingerprint density at radius 3 is 2.53 bits per heavy atom. The molecule has 1 amide bonds. The van der Waals surface area contributed by atoms with E-state index in [1.165, 1.54) is 23.1 Å². The quantitative estimate of drug-likeness (QED) is 0.340. The lowest BCUT2D eigenvalue weighted by molar-refractivity contribution is -0.139. The van der Waals surface area contributed by atoms with Gasteiger partial charge in [-0.2, -0.15) is 5.10 Å². The number of methoxy groups -OCH3 is 2. The SMILES string of the molecule is COC(=O)Cc1[nH]n(-c2ccc(OC)cc2)c(=O)c1C(C)=NNC(=O)c1cccs1. The Kier molecular flexibility index (Phi) is 6.48. The van der Waals surface area contributed by atoms with Crippen LogP contribution in [0.3, 0.4) is 0 Å². The van der Waals surface area contributed by atoms with Crippen LogP contribution in [0, 0.1) is 0 Å². The summed E-state index contributed by atoms with van der Waals surface area (Å²) >= 11 is 1.28. The fourth-order valence-electron chi connectivity index (χ4n) is 2.77. The van der Waals surface area contributed by atoms with Gasteiger partial charge in [0.05, 0.1) is 48.2 Å². The number of hydrazone groups is 1. The van der Waals surface area contributed by atoms with E-state index in [1.54, 1.807) is 55.8 Å². The minimum atomic E-state index is -0.519. The van der Waals surface area contributed by atoms with E-state index in [0.717, 1.165) is 0 Å². The zero-order valence-corrected chi connectivity index (χ0v) is 17.4. The summed E-state index contributed by atoms with van der Waals surface area (Å²) in [5, 5.41) is 8.77. The molecule has 9 nitrogen and oxygen atoms in total. The molecular weight excluding hydrogens is 408 g/mol. The van der Waals surface area contributed by atoms with E-state index < -0.39 is 11.5 Å². The summed E-state index contributed by atoms with van der Waals surface area (Å²) in [5.74, 6) is -0.262. The average Bonchev–Trinajstić information content (AvgIpc) is 3.40.